The van der Waals surface area contributed by atoms with Gasteiger partial charge in [0.05, 0.1) is 46.3 Å². The van der Waals surface area contributed by atoms with Crippen molar-refractivity contribution in [3.63, 3.8) is 0 Å². The molecule has 0 bridgehead atoms. The molecule has 0 aliphatic heterocycles. The highest BCUT2D eigenvalue weighted by molar-refractivity contribution is 14.1. The summed E-state index contributed by atoms with van der Waals surface area (Å²) in [5.74, 6) is -8.12. The van der Waals surface area contributed by atoms with Crippen LogP contribution in [0, 0.1) is 58.1 Å². The van der Waals surface area contributed by atoms with Crippen molar-refractivity contribution in [2.75, 3.05) is 22.7 Å². The van der Waals surface area contributed by atoms with Crippen LogP contribution in [0.4, 0.5) is 42.1 Å². The number of halogens is 8. The van der Waals surface area contributed by atoms with Gasteiger partial charge in [-0.3, -0.25) is 9.44 Å². The Balaban J connectivity index is 0.000000264. The van der Waals surface area contributed by atoms with Crippen molar-refractivity contribution >= 4 is 54.0 Å². The number of benzene rings is 4. The van der Waals surface area contributed by atoms with E-state index in [-0.39, 0.29) is 86.4 Å². The standard InChI is InChI=1S/C20H21F4NO4S.C20H21F3INO4S.CH4/c1-11-2-3-12(15(21)6-11)7-14-18(24)16(22)8-17(23)19(14)25-30(28,29)20(4-5-20)9-13(27)10-26;1-11-6-17(22)18(23)15(7-12-2-3-13(24)8-16(12)21)19(11)25-30(28,29)20(4-5-20)9-14(27)10-26;/h2-3,6,8,13,25-27H,4-5,7,9-10H2,1H3;2-3,6,8,14,25-27H,4-5,7,9-10H2,1H3;1H4. The van der Waals surface area contributed by atoms with Crippen molar-refractivity contribution in [1.29, 1.82) is 0 Å². The van der Waals surface area contributed by atoms with Crippen LogP contribution in [-0.2, 0) is 32.9 Å². The summed E-state index contributed by atoms with van der Waals surface area (Å²) in [6, 6.07) is 9.42. The Morgan fingerprint density at radius 2 is 1.05 bits per heavy atom. The Morgan fingerprint density at radius 3 is 1.49 bits per heavy atom. The van der Waals surface area contributed by atoms with E-state index in [4.69, 9.17) is 10.2 Å². The molecule has 0 aromatic heterocycles. The fraction of sp³-hybridized carbons (Fsp3) is 0.415. The van der Waals surface area contributed by atoms with Gasteiger partial charge >= 0.3 is 0 Å². The molecule has 4 aromatic rings. The van der Waals surface area contributed by atoms with E-state index < -0.39 is 113 Å². The summed E-state index contributed by atoms with van der Waals surface area (Å²) >= 11 is 1.92. The third-order valence-corrected chi connectivity index (χ3v) is 15.7. The normalized spacial score (nSPS) is 16.1. The van der Waals surface area contributed by atoms with Gasteiger partial charge in [0.2, 0.25) is 20.0 Å². The largest absolute Gasteiger partial charge is 0.394 e. The number of nitrogens with one attached hydrogen (secondary N) is 2. The molecule has 336 valence electrons. The number of hydrogen-bond donors (Lipinski definition) is 6. The number of hydrogen-bond acceptors (Lipinski definition) is 8. The van der Waals surface area contributed by atoms with Gasteiger partial charge < -0.3 is 20.4 Å². The number of aryl methyl sites for hydroxylation is 2. The Hall–Kier alpha value is -3.54. The highest BCUT2D eigenvalue weighted by Crippen LogP contribution is 2.49. The first-order chi connectivity index (χ1) is 28.0. The number of aliphatic hydroxyl groups excluding tert-OH is 4. The third-order valence-electron chi connectivity index (χ3n) is 10.6. The second kappa shape index (κ2) is 19.5. The predicted octanol–water partition coefficient (Wildman–Crippen LogP) is 7.42. The quantitative estimate of drug-likeness (QED) is 0.0383. The average molecular weight is 1020 g/mol. The maximum Gasteiger partial charge on any atom is 0.238 e. The summed E-state index contributed by atoms with van der Waals surface area (Å²) in [5.41, 5.74) is -1.15. The first kappa shape index (κ1) is 50.1. The lowest BCUT2D eigenvalue weighted by atomic mass is 9.99. The molecular formula is C41H46F7IN2O8S2. The lowest BCUT2D eigenvalue weighted by Crippen LogP contribution is -2.35. The molecule has 6 N–H and O–H groups in total. The van der Waals surface area contributed by atoms with Crippen molar-refractivity contribution in [2.45, 2.75) is 94.3 Å². The number of aliphatic hydroxyl groups is 4. The van der Waals surface area contributed by atoms with Gasteiger partial charge in [-0.1, -0.05) is 25.6 Å². The second-order valence-corrected chi connectivity index (χ2v) is 20.6. The van der Waals surface area contributed by atoms with Crippen LogP contribution in [0.3, 0.4) is 0 Å². The summed E-state index contributed by atoms with van der Waals surface area (Å²) in [6.07, 6.45) is -3.11. The Kier molecular flexibility index (Phi) is 16.0. The van der Waals surface area contributed by atoms with Gasteiger partial charge in [0.25, 0.3) is 0 Å². The van der Waals surface area contributed by atoms with E-state index in [1.165, 1.54) is 37.3 Å². The van der Waals surface area contributed by atoms with Crippen molar-refractivity contribution in [2.24, 2.45) is 0 Å². The molecule has 0 amide bonds. The lowest BCUT2D eigenvalue weighted by Gasteiger charge is -2.23. The van der Waals surface area contributed by atoms with Gasteiger partial charge in [-0.25, -0.2) is 47.6 Å². The average Bonchev–Trinajstić information content (AvgIpc) is 4.12. The fourth-order valence-electron chi connectivity index (χ4n) is 6.81. The van der Waals surface area contributed by atoms with Crippen LogP contribution in [0.25, 0.3) is 0 Å². The molecule has 2 fully saturated rings. The molecule has 0 saturated heterocycles. The van der Waals surface area contributed by atoms with E-state index in [1.54, 1.807) is 13.0 Å². The lowest BCUT2D eigenvalue weighted by molar-refractivity contribution is 0.0858. The molecule has 20 heteroatoms. The van der Waals surface area contributed by atoms with Gasteiger partial charge in [0, 0.05) is 33.6 Å². The molecule has 10 nitrogen and oxygen atoms in total. The van der Waals surface area contributed by atoms with Crippen LogP contribution in [0.1, 0.15) is 79.3 Å². The minimum Gasteiger partial charge on any atom is -0.394 e. The summed E-state index contributed by atoms with van der Waals surface area (Å²) in [6.45, 7) is 1.81. The van der Waals surface area contributed by atoms with Crippen molar-refractivity contribution in [3.8, 4) is 0 Å². The van der Waals surface area contributed by atoms with E-state index >= 15 is 0 Å². The van der Waals surface area contributed by atoms with E-state index in [0.717, 1.165) is 6.07 Å². The van der Waals surface area contributed by atoms with Gasteiger partial charge in [0.1, 0.15) is 11.6 Å². The van der Waals surface area contributed by atoms with E-state index in [1.807, 2.05) is 27.3 Å². The molecule has 4 aromatic carbocycles. The SMILES string of the molecule is C.Cc1cc(F)c(F)c(Cc2ccc(I)cc2F)c1NS(=O)(=O)C1(CC(O)CO)CC1.Cc1ccc(Cc2c(F)c(F)cc(F)c2NS(=O)(=O)C2(CC(O)CO)CC2)c(F)c1. The van der Waals surface area contributed by atoms with Gasteiger partial charge in [-0.2, -0.15) is 0 Å². The molecule has 2 aliphatic carbocycles. The van der Waals surface area contributed by atoms with Gasteiger partial charge in [-0.05, 0) is 121 Å². The van der Waals surface area contributed by atoms with Crippen LogP contribution in [0.2, 0.25) is 0 Å². The van der Waals surface area contributed by atoms with Crippen LogP contribution in [0.15, 0.2) is 48.5 Å². The monoisotopic (exact) mass is 1020 g/mol. The zero-order valence-corrected chi connectivity index (χ0v) is 35.9. The van der Waals surface area contributed by atoms with Crippen molar-refractivity contribution in [3.05, 3.63) is 126 Å². The summed E-state index contributed by atoms with van der Waals surface area (Å²) in [5, 5.41) is 37.4. The number of anilines is 2. The van der Waals surface area contributed by atoms with Gasteiger partial charge in [-0.15, -0.1) is 0 Å². The maximum atomic E-state index is 14.7. The molecule has 2 atom stereocenters. The smallest absolute Gasteiger partial charge is 0.238 e. The summed E-state index contributed by atoms with van der Waals surface area (Å²) < 4.78 is 154. The number of sulfonamides is 2. The highest BCUT2D eigenvalue weighted by Gasteiger charge is 2.56. The summed E-state index contributed by atoms with van der Waals surface area (Å²) in [4.78, 5) is 0. The molecule has 0 radical (unpaired) electrons. The van der Waals surface area contributed by atoms with E-state index in [0.29, 0.717) is 9.13 Å². The topological polar surface area (TPSA) is 173 Å². The van der Waals surface area contributed by atoms with Gasteiger partial charge in [0.15, 0.2) is 29.1 Å². The molecule has 2 saturated carbocycles. The number of rotatable bonds is 16. The third kappa shape index (κ3) is 11.2. The molecule has 0 spiro atoms. The molecular weight excluding hydrogens is 972 g/mol. The molecule has 0 heterocycles. The zero-order chi connectivity index (χ0) is 44.5. The van der Waals surface area contributed by atoms with Crippen LogP contribution in [0.5, 0.6) is 0 Å². The van der Waals surface area contributed by atoms with Crippen LogP contribution >= 0.6 is 22.6 Å². The van der Waals surface area contributed by atoms with Crippen LogP contribution < -0.4 is 9.44 Å². The minimum atomic E-state index is -4.33. The van der Waals surface area contributed by atoms with Crippen molar-refractivity contribution in [1.82, 2.24) is 0 Å². The minimum absolute atomic E-state index is 0. The Morgan fingerprint density at radius 1 is 0.623 bits per heavy atom. The fourth-order valence-corrected chi connectivity index (χ4v) is 10.8. The molecule has 61 heavy (non-hydrogen) atoms. The molecule has 2 aliphatic rings. The maximum absolute atomic E-state index is 14.7. The predicted molar refractivity (Wildman–Crippen MR) is 224 cm³/mol. The second-order valence-electron chi connectivity index (χ2n) is 15.2. The Labute approximate surface area is 363 Å². The molecule has 6 rings (SSSR count). The van der Waals surface area contributed by atoms with Crippen LogP contribution in [-0.4, -0.2) is 72.2 Å². The zero-order valence-electron chi connectivity index (χ0n) is 32.1. The first-order valence-electron chi connectivity index (χ1n) is 18.4. The van der Waals surface area contributed by atoms with E-state index in [9.17, 15) is 57.8 Å². The first-order valence-corrected chi connectivity index (χ1v) is 22.5. The van der Waals surface area contributed by atoms with Crippen molar-refractivity contribution < 1.29 is 68.0 Å². The highest BCUT2D eigenvalue weighted by atomic mass is 127. The molecule has 2 unspecified atom stereocenters. The summed E-state index contributed by atoms with van der Waals surface area (Å²) in [7, 11) is -8.43. The van der Waals surface area contributed by atoms with E-state index in [2.05, 4.69) is 4.72 Å². The Bertz CT molecular complexity index is 2320.